The summed E-state index contributed by atoms with van der Waals surface area (Å²) in [6, 6.07) is 12.8. The van der Waals surface area contributed by atoms with Gasteiger partial charge in [-0.05, 0) is 42.5 Å². The standard InChI is InChI=1S/C15H15ClN2/c16-12-8-9-15(17-10-12)18-14-7-3-5-11-4-1-2-6-13(11)14/h1-2,4,6,8-10,14H,3,5,7H2,(H,17,18). The van der Waals surface area contributed by atoms with Gasteiger partial charge in [-0.25, -0.2) is 4.98 Å². The average Bonchev–Trinajstić information content (AvgIpc) is 2.42. The molecule has 0 saturated carbocycles. The molecule has 1 N–H and O–H groups in total. The Hall–Kier alpha value is -1.54. The van der Waals surface area contributed by atoms with Gasteiger partial charge in [0.25, 0.3) is 0 Å². The van der Waals surface area contributed by atoms with E-state index in [-0.39, 0.29) is 0 Å². The molecular formula is C15H15ClN2. The summed E-state index contributed by atoms with van der Waals surface area (Å²) in [5, 5.41) is 4.17. The van der Waals surface area contributed by atoms with E-state index < -0.39 is 0 Å². The Morgan fingerprint density at radius 3 is 2.89 bits per heavy atom. The van der Waals surface area contributed by atoms with E-state index in [0.29, 0.717) is 11.1 Å². The Bertz CT molecular complexity index is 536. The zero-order chi connectivity index (χ0) is 12.4. The van der Waals surface area contributed by atoms with Crippen LogP contribution in [-0.2, 0) is 6.42 Å². The number of nitrogens with zero attached hydrogens (tertiary/aromatic N) is 1. The van der Waals surface area contributed by atoms with E-state index in [2.05, 4.69) is 34.6 Å². The third-order valence-corrected chi connectivity index (χ3v) is 3.64. The van der Waals surface area contributed by atoms with Crippen LogP contribution in [0.15, 0.2) is 42.6 Å². The van der Waals surface area contributed by atoms with Crippen molar-refractivity contribution in [1.82, 2.24) is 4.98 Å². The number of rotatable bonds is 2. The van der Waals surface area contributed by atoms with Gasteiger partial charge in [0.15, 0.2) is 0 Å². The van der Waals surface area contributed by atoms with Crippen molar-refractivity contribution >= 4 is 17.4 Å². The number of nitrogens with one attached hydrogen (secondary N) is 1. The predicted octanol–water partition coefficient (Wildman–Crippen LogP) is 4.22. The molecule has 3 rings (SSSR count). The zero-order valence-electron chi connectivity index (χ0n) is 10.1. The van der Waals surface area contributed by atoms with Gasteiger partial charge in [0, 0.05) is 6.20 Å². The molecule has 0 aliphatic heterocycles. The second-order valence-electron chi connectivity index (χ2n) is 4.65. The van der Waals surface area contributed by atoms with E-state index in [4.69, 9.17) is 11.6 Å². The Balaban J connectivity index is 1.84. The number of anilines is 1. The number of aromatic nitrogens is 1. The smallest absolute Gasteiger partial charge is 0.126 e. The third kappa shape index (κ3) is 2.34. The van der Waals surface area contributed by atoms with Gasteiger partial charge < -0.3 is 5.32 Å². The van der Waals surface area contributed by atoms with Gasteiger partial charge in [-0.1, -0.05) is 35.9 Å². The van der Waals surface area contributed by atoms with Crippen LogP contribution in [0.2, 0.25) is 5.02 Å². The van der Waals surface area contributed by atoms with Gasteiger partial charge in [-0.15, -0.1) is 0 Å². The average molecular weight is 259 g/mol. The summed E-state index contributed by atoms with van der Waals surface area (Å²) in [6.45, 7) is 0. The Kier molecular flexibility index (Phi) is 3.20. The first-order chi connectivity index (χ1) is 8.83. The summed E-state index contributed by atoms with van der Waals surface area (Å²) in [6.07, 6.45) is 5.24. The Labute approximate surface area is 112 Å². The van der Waals surface area contributed by atoms with Crippen LogP contribution in [0.3, 0.4) is 0 Å². The molecule has 0 bridgehead atoms. The minimum Gasteiger partial charge on any atom is -0.363 e. The lowest BCUT2D eigenvalue weighted by Crippen LogP contribution is -2.17. The van der Waals surface area contributed by atoms with Gasteiger partial charge in [-0.2, -0.15) is 0 Å². The molecule has 1 aromatic heterocycles. The van der Waals surface area contributed by atoms with Crippen LogP contribution in [0.4, 0.5) is 5.82 Å². The first-order valence-electron chi connectivity index (χ1n) is 6.29. The maximum absolute atomic E-state index is 5.85. The quantitative estimate of drug-likeness (QED) is 0.872. The fourth-order valence-electron chi connectivity index (χ4n) is 2.54. The van der Waals surface area contributed by atoms with Crippen LogP contribution in [0.5, 0.6) is 0 Å². The summed E-state index contributed by atoms with van der Waals surface area (Å²) < 4.78 is 0. The first kappa shape index (κ1) is 11.5. The van der Waals surface area contributed by atoms with Crippen molar-refractivity contribution in [1.29, 1.82) is 0 Å². The maximum atomic E-state index is 5.85. The van der Waals surface area contributed by atoms with Crippen LogP contribution in [0, 0.1) is 0 Å². The van der Waals surface area contributed by atoms with Crippen LogP contribution in [0.25, 0.3) is 0 Å². The molecule has 1 aliphatic rings. The van der Waals surface area contributed by atoms with Crippen LogP contribution in [-0.4, -0.2) is 4.98 Å². The van der Waals surface area contributed by atoms with Crippen molar-refractivity contribution in [3.63, 3.8) is 0 Å². The number of pyridine rings is 1. The first-order valence-corrected chi connectivity index (χ1v) is 6.66. The largest absolute Gasteiger partial charge is 0.363 e. The van der Waals surface area contributed by atoms with Crippen molar-refractivity contribution in [2.45, 2.75) is 25.3 Å². The lowest BCUT2D eigenvalue weighted by molar-refractivity contribution is 0.598. The topological polar surface area (TPSA) is 24.9 Å². The van der Waals surface area contributed by atoms with E-state index in [1.807, 2.05) is 12.1 Å². The molecular weight excluding hydrogens is 244 g/mol. The number of hydrogen-bond donors (Lipinski definition) is 1. The summed E-state index contributed by atoms with van der Waals surface area (Å²) in [5.74, 6) is 0.890. The molecule has 1 aromatic carbocycles. The number of aryl methyl sites for hydroxylation is 1. The normalized spacial score (nSPS) is 18.2. The lowest BCUT2D eigenvalue weighted by Gasteiger charge is -2.26. The van der Waals surface area contributed by atoms with E-state index in [9.17, 15) is 0 Å². The molecule has 0 amide bonds. The lowest BCUT2D eigenvalue weighted by atomic mass is 9.88. The molecule has 18 heavy (non-hydrogen) atoms. The number of halogens is 1. The second-order valence-corrected chi connectivity index (χ2v) is 5.09. The molecule has 1 unspecified atom stereocenters. The van der Waals surface area contributed by atoms with E-state index in [1.54, 1.807) is 6.20 Å². The molecule has 92 valence electrons. The van der Waals surface area contributed by atoms with Gasteiger partial charge in [-0.3, -0.25) is 0 Å². The predicted molar refractivity (Wildman–Crippen MR) is 75.0 cm³/mol. The van der Waals surface area contributed by atoms with Crippen LogP contribution in [0.1, 0.15) is 30.0 Å². The molecule has 0 fully saturated rings. The second kappa shape index (κ2) is 4.99. The highest BCUT2D eigenvalue weighted by Crippen LogP contribution is 2.31. The Morgan fingerprint density at radius 2 is 2.06 bits per heavy atom. The SMILES string of the molecule is Clc1ccc(NC2CCCc3ccccc32)nc1. The highest BCUT2D eigenvalue weighted by atomic mass is 35.5. The van der Waals surface area contributed by atoms with E-state index >= 15 is 0 Å². The van der Waals surface area contributed by atoms with Crippen molar-refractivity contribution in [2.75, 3.05) is 5.32 Å². The number of hydrogen-bond acceptors (Lipinski definition) is 2. The highest BCUT2D eigenvalue weighted by molar-refractivity contribution is 6.30. The monoisotopic (exact) mass is 258 g/mol. The van der Waals surface area contributed by atoms with Crippen LogP contribution < -0.4 is 5.32 Å². The fourth-order valence-corrected chi connectivity index (χ4v) is 2.66. The van der Waals surface area contributed by atoms with Gasteiger partial charge in [0.2, 0.25) is 0 Å². The molecule has 2 nitrogen and oxygen atoms in total. The highest BCUT2D eigenvalue weighted by Gasteiger charge is 2.19. The van der Waals surface area contributed by atoms with Crippen molar-refractivity contribution in [3.05, 3.63) is 58.7 Å². The van der Waals surface area contributed by atoms with Crippen molar-refractivity contribution in [2.24, 2.45) is 0 Å². The summed E-state index contributed by atoms with van der Waals surface area (Å²) in [4.78, 5) is 4.30. The van der Waals surface area contributed by atoms with Gasteiger partial charge >= 0.3 is 0 Å². The molecule has 1 aliphatic carbocycles. The zero-order valence-corrected chi connectivity index (χ0v) is 10.8. The van der Waals surface area contributed by atoms with Gasteiger partial charge in [0.05, 0.1) is 11.1 Å². The van der Waals surface area contributed by atoms with Gasteiger partial charge in [0.1, 0.15) is 5.82 Å². The molecule has 1 heterocycles. The minimum atomic E-state index is 0.364. The molecule has 0 radical (unpaired) electrons. The summed E-state index contributed by atoms with van der Waals surface area (Å²) in [7, 11) is 0. The summed E-state index contributed by atoms with van der Waals surface area (Å²) >= 11 is 5.85. The third-order valence-electron chi connectivity index (χ3n) is 3.42. The van der Waals surface area contributed by atoms with Crippen molar-refractivity contribution < 1.29 is 0 Å². The minimum absolute atomic E-state index is 0.364. The van der Waals surface area contributed by atoms with Crippen LogP contribution >= 0.6 is 11.6 Å². The maximum Gasteiger partial charge on any atom is 0.126 e. The molecule has 3 heteroatoms. The molecule has 2 aromatic rings. The molecule has 0 spiro atoms. The summed E-state index contributed by atoms with van der Waals surface area (Å²) in [5.41, 5.74) is 2.86. The Morgan fingerprint density at radius 1 is 1.17 bits per heavy atom. The molecule has 1 atom stereocenters. The van der Waals surface area contributed by atoms with E-state index in [0.717, 1.165) is 12.2 Å². The van der Waals surface area contributed by atoms with Crippen molar-refractivity contribution in [3.8, 4) is 0 Å². The van der Waals surface area contributed by atoms with E-state index in [1.165, 1.54) is 24.0 Å². The molecule has 0 saturated heterocycles. The fraction of sp³-hybridized carbons (Fsp3) is 0.267. The number of benzene rings is 1. The number of fused-ring (bicyclic) bond motifs is 1.